The fourth-order valence-electron chi connectivity index (χ4n) is 1.39. The lowest BCUT2D eigenvalue weighted by molar-refractivity contribution is -0.139. The van der Waals surface area contributed by atoms with Crippen LogP contribution in [0.25, 0.3) is 0 Å². The number of benzene rings is 1. The van der Waals surface area contributed by atoms with Gasteiger partial charge in [0.05, 0.1) is 25.2 Å². The quantitative estimate of drug-likeness (QED) is 0.759. The van der Waals surface area contributed by atoms with Crippen LogP contribution in [0.15, 0.2) is 12.1 Å². The maximum Gasteiger partial charge on any atom is 0.310 e. The predicted molar refractivity (Wildman–Crippen MR) is 61.3 cm³/mol. The predicted octanol–water partition coefficient (Wildman–Crippen LogP) is 2.49. The standard InChI is InChI=1S/C12H12ClNO2/c1-3-8-4-9(7-14)10(11(13)5-8)6-12(15)16-2/h4-5H,3,6H2,1-2H3. The van der Waals surface area contributed by atoms with Crippen LogP contribution >= 0.6 is 11.6 Å². The van der Waals surface area contributed by atoms with Crippen LogP contribution in [-0.4, -0.2) is 13.1 Å². The van der Waals surface area contributed by atoms with Crippen LogP contribution in [-0.2, 0) is 22.4 Å². The minimum absolute atomic E-state index is 0.0300. The number of esters is 1. The fourth-order valence-corrected chi connectivity index (χ4v) is 1.70. The van der Waals surface area contributed by atoms with Gasteiger partial charge in [-0.3, -0.25) is 4.79 Å². The fraction of sp³-hybridized carbons (Fsp3) is 0.333. The van der Waals surface area contributed by atoms with Gasteiger partial charge in [0.15, 0.2) is 0 Å². The summed E-state index contributed by atoms with van der Waals surface area (Å²) in [5.74, 6) is -0.400. The van der Waals surface area contributed by atoms with Gasteiger partial charge in [-0.1, -0.05) is 18.5 Å². The Labute approximate surface area is 99.6 Å². The summed E-state index contributed by atoms with van der Waals surface area (Å²) in [6, 6.07) is 5.58. The van der Waals surface area contributed by atoms with Crippen LogP contribution in [0.2, 0.25) is 5.02 Å². The molecule has 0 bridgehead atoms. The number of aryl methyl sites for hydroxylation is 1. The molecule has 4 heteroatoms. The highest BCUT2D eigenvalue weighted by atomic mass is 35.5. The second kappa shape index (κ2) is 5.53. The van der Waals surface area contributed by atoms with Gasteiger partial charge in [0.25, 0.3) is 0 Å². The van der Waals surface area contributed by atoms with E-state index in [-0.39, 0.29) is 6.42 Å². The number of carbonyl (C=O) groups is 1. The Bertz CT molecular complexity index is 449. The van der Waals surface area contributed by atoms with Gasteiger partial charge < -0.3 is 4.74 Å². The Morgan fingerprint density at radius 1 is 1.56 bits per heavy atom. The zero-order chi connectivity index (χ0) is 12.1. The Balaban J connectivity index is 3.18. The molecule has 16 heavy (non-hydrogen) atoms. The second-order valence-corrected chi connectivity index (χ2v) is 3.73. The van der Waals surface area contributed by atoms with Gasteiger partial charge in [-0.2, -0.15) is 5.26 Å². The number of ether oxygens (including phenoxy) is 1. The number of carbonyl (C=O) groups excluding carboxylic acids is 1. The average Bonchev–Trinajstić information content (AvgIpc) is 2.30. The van der Waals surface area contributed by atoms with Crippen molar-refractivity contribution in [1.29, 1.82) is 5.26 Å². The van der Waals surface area contributed by atoms with E-state index in [2.05, 4.69) is 4.74 Å². The smallest absolute Gasteiger partial charge is 0.310 e. The van der Waals surface area contributed by atoms with Crippen LogP contribution < -0.4 is 0 Å². The first-order valence-corrected chi connectivity index (χ1v) is 5.28. The molecule has 0 radical (unpaired) electrons. The Morgan fingerprint density at radius 2 is 2.25 bits per heavy atom. The number of rotatable bonds is 3. The number of hydrogen-bond acceptors (Lipinski definition) is 3. The molecule has 3 nitrogen and oxygen atoms in total. The Hall–Kier alpha value is -1.53. The molecule has 0 saturated carbocycles. The molecular weight excluding hydrogens is 226 g/mol. The molecule has 0 aliphatic rings. The van der Waals surface area contributed by atoms with Crippen molar-refractivity contribution >= 4 is 17.6 Å². The van der Waals surface area contributed by atoms with Crippen molar-refractivity contribution in [1.82, 2.24) is 0 Å². The van der Waals surface area contributed by atoms with E-state index < -0.39 is 5.97 Å². The van der Waals surface area contributed by atoms with E-state index in [0.717, 1.165) is 12.0 Å². The third-order valence-corrected chi connectivity index (χ3v) is 2.67. The van der Waals surface area contributed by atoms with Crippen molar-refractivity contribution in [3.05, 3.63) is 33.8 Å². The summed E-state index contributed by atoms with van der Waals surface area (Å²) in [5, 5.41) is 9.43. The van der Waals surface area contributed by atoms with Crippen molar-refractivity contribution in [2.45, 2.75) is 19.8 Å². The lowest BCUT2D eigenvalue weighted by Gasteiger charge is -2.07. The third kappa shape index (κ3) is 2.74. The van der Waals surface area contributed by atoms with Crippen LogP contribution in [0.4, 0.5) is 0 Å². The highest BCUT2D eigenvalue weighted by Crippen LogP contribution is 2.23. The van der Waals surface area contributed by atoms with E-state index in [1.54, 1.807) is 12.1 Å². The maximum atomic E-state index is 11.2. The monoisotopic (exact) mass is 237 g/mol. The zero-order valence-corrected chi connectivity index (χ0v) is 9.97. The number of halogens is 1. The number of nitrogens with zero attached hydrogens (tertiary/aromatic N) is 1. The van der Waals surface area contributed by atoms with E-state index >= 15 is 0 Å². The molecule has 0 aliphatic carbocycles. The number of hydrogen-bond donors (Lipinski definition) is 0. The summed E-state index contributed by atoms with van der Waals surface area (Å²) >= 11 is 6.03. The van der Waals surface area contributed by atoms with E-state index in [1.165, 1.54) is 7.11 Å². The van der Waals surface area contributed by atoms with Crippen molar-refractivity contribution in [2.75, 3.05) is 7.11 Å². The average molecular weight is 238 g/mol. The van der Waals surface area contributed by atoms with Gasteiger partial charge in [-0.05, 0) is 29.7 Å². The van der Waals surface area contributed by atoms with Gasteiger partial charge >= 0.3 is 5.97 Å². The van der Waals surface area contributed by atoms with Crippen LogP contribution in [0.5, 0.6) is 0 Å². The summed E-state index contributed by atoms with van der Waals surface area (Å²) in [7, 11) is 1.31. The molecule has 0 saturated heterocycles. The lowest BCUT2D eigenvalue weighted by atomic mass is 10.0. The largest absolute Gasteiger partial charge is 0.469 e. The maximum absolute atomic E-state index is 11.2. The van der Waals surface area contributed by atoms with Crippen LogP contribution in [0.3, 0.4) is 0 Å². The lowest BCUT2D eigenvalue weighted by Crippen LogP contribution is -2.07. The summed E-state index contributed by atoms with van der Waals surface area (Å²) in [4.78, 5) is 11.2. The summed E-state index contributed by atoms with van der Waals surface area (Å²) in [5.41, 5.74) is 1.96. The summed E-state index contributed by atoms with van der Waals surface area (Å²) < 4.78 is 4.56. The van der Waals surface area contributed by atoms with Crippen molar-refractivity contribution < 1.29 is 9.53 Å². The molecule has 1 aromatic rings. The summed E-state index contributed by atoms with van der Waals surface area (Å²) in [6.45, 7) is 1.98. The minimum atomic E-state index is -0.400. The molecule has 1 rings (SSSR count). The first-order chi connectivity index (χ1) is 7.62. The van der Waals surface area contributed by atoms with Gasteiger partial charge in [0.1, 0.15) is 0 Å². The summed E-state index contributed by atoms with van der Waals surface area (Å²) in [6.07, 6.45) is 0.828. The SMILES string of the molecule is CCc1cc(Cl)c(CC(=O)OC)c(C#N)c1. The molecule has 0 aliphatic heterocycles. The molecule has 0 fully saturated rings. The van der Waals surface area contributed by atoms with Crippen molar-refractivity contribution in [3.63, 3.8) is 0 Å². The van der Waals surface area contributed by atoms with E-state index in [0.29, 0.717) is 16.1 Å². The molecule has 84 valence electrons. The molecule has 0 amide bonds. The van der Waals surface area contributed by atoms with E-state index in [4.69, 9.17) is 16.9 Å². The van der Waals surface area contributed by atoms with E-state index in [1.807, 2.05) is 13.0 Å². The van der Waals surface area contributed by atoms with Crippen LogP contribution in [0, 0.1) is 11.3 Å². The van der Waals surface area contributed by atoms with Gasteiger partial charge in [-0.15, -0.1) is 0 Å². The second-order valence-electron chi connectivity index (χ2n) is 3.32. The molecule has 0 atom stereocenters. The van der Waals surface area contributed by atoms with E-state index in [9.17, 15) is 4.79 Å². The minimum Gasteiger partial charge on any atom is -0.469 e. The van der Waals surface area contributed by atoms with Gasteiger partial charge in [0, 0.05) is 5.02 Å². The van der Waals surface area contributed by atoms with Crippen LogP contribution in [0.1, 0.15) is 23.6 Å². The molecule has 0 unspecified atom stereocenters. The highest BCUT2D eigenvalue weighted by molar-refractivity contribution is 6.31. The first kappa shape index (κ1) is 12.5. The number of methoxy groups -OCH3 is 1. The molecule has 0 heterocycles. The highest BCUT2D eigenvalue weighted by Gasteiger charge is 2.13. The molecule has 0 N–H and O–H groups in total. The van der Waals surface area contributed by atoms with Gasteiger partial charge in [-0.25, -0.2) is 0 Å². The topological polar surface area (TPSA) is 50.1 Å². The molecule has 0 spiro atoms. The Kier molecular flexibility index (Phi) is 4.33. The normalized spacial score (nSPS) is 9.62. The zero-order valence-electron chi connectivity index (χ0n) is 9.21. The van der Waals surface area contributed by atoms with Crippen molar-refractivity contribution in [3.8, 4) is 6.07 Å². The van der Waals surface area contributed by atoms with Gasteiger partial charge in [0.2, 0.25) is 0 Å². The first-order valence-electron chi connectivity index (χ1n) is 4.90. The van der Waals surface area contributed by atoms with Crippen molar-refractivity contribution in [2.24, 2.45) is 0 Å². The third-order valence-electron chi connectivity index (χ3n) is 2.33. The molecule has 1 aromatic carbocycles. The molecular formula is C12H12ClNO2. The molecule has 0 aromatic heterocycles. The Morgan fingerprint density at radius 3 is 2.75 bits per heavy atom. The number of nitriles is 1.